The molecule has 0 saturated carbocycles. The Balaban J connectivity index is 1.92. The average molecular weight is 456 g/mol. The maximum atomic E-state index is 12.7. The second-order valence-electron chi connectivity index (χ2n) is 8.05. The van der Waals surface area contributed by atoms with Crippen LogP contribution in [0.4, 0.5) is 0 Å². The van der Waals surface area contributed by atoms with Gasteiger partial charge in [-0.05, 0) is 24.6 Å². The first-order chi connectivity index (χ1) is 15.6. The van der Waals surface area contributed by atoms with Gasteiger partial charge < -0.3 is 15.2 Å². The van der Waals surface area contributed by atoms with Gasteiger partial charge in [0.25, 0.3) is 5.91 Å². The van der Waals surface area contributed by atoms with Crippen molar-refractivity contribution in [1.29, 1.82) is 0 Å². The van der Waals surface area contributed by atoms with Crippen LogP contribution in [-0.2, 0) is 10.5 Å². The van der Waals surface area contributed by atoms with Crippen molar-refractivity contribution in [1.82, 2.24) is 5.32 Å². The van der Waals surface area contributed by atoms with Crippen LogP contribution in [0.25, 0.3) is 0 Å². The summed E-state index contributed by atoms with van der Waals surface area (Å²) < 4.78 is 5.75. The zero-order valence-corrected chi connectivity index (χ0v) is 20.3. The highest BCUT2D eigenvalue weighted by atomic mass is 32.1. The summed E-state index contributed by atoms with van der Waals surface area (Å²) in [6.07, 6.45) is 11.5. The molecule has 32 heavy (non-hydrogen) atoms. The summed E-state index contributed by atoms with van der Waals surface area (Å²) in [6.45, 7) is 2.14. The molecule has 5 heteroatoms. The van der Waals surface area contributed by atoms with Crippen LogP contribution in [0.15, 0.2) is 41.8 Å². The van der Waals surface area contributed by atoms with Gasteiger partial charge in [0.15, 0.2) is 5.72 Å². The molecule has 2 aromatic rings. The third-order valence-electron chi connectivity index (χ3n) is 5.55. The number of rotatable bonds is 14. The Labute approximate surface area is 197 Å². The SMILES string of the molecule is CCCCCCCCCCC#Cc1csc(C(CCO)(NC(=O)c2ccccc2)OC)c1. The van der Waals surface area contributed by atoms with Crippen molar-refractivity contribution in [3.05, 3.63) is 57.8 Å². The van der Waals surface area contributed by atoms with Crippen molar-refractivity contribution >= 4 is 17.2 Å². The van der Waals surface area contributed by atoms with Gasteiger partial charge in [-0.3, -0.25) is 4.79 Å². The maximum Gasteiger partial charge on any atom is 0.253 e. The summed E-state index contributed by atoms with van der Waals surface area (Å²) in [5.74, 6) is 6.27. The molecule has 1 aromatic heterocycles. The zero-order chi connectivity index (χ0) is 23.1. The molecule has 0 spiro atoms. The van der Waals surface area contributed by atoms with E-state index < -0.39 is 5.72 Å². The summed E-state index contributed by atoms with van der Waals surface area (Å²) in [5.41, 5.74) is 0.385. The van der Waals surface area contributed by atoms with E-state index in [2.05, 4.69) is 24.1 Å². The smallest absolute Gasteiger partial charge is 0.253 e. The molecule has 0 fully saturated rings. The van der Waals surface area contributed by atoms with E-state index in [1.54, 1.807) is 19.2 Å². The maximum absolute atomic E-state index is 12.7. The minimum absolute atomic E-state index is 0.111. The van der Waals surface area contributed by atoms with Crippen molar-refractivity contribution in [2.45, 2.75) is 76.9 Å². The van der Waals surface area contributed by atoms with E-state index in [9.17, 15) is 9.90 Å². The Morgan fingerprint density at radius 2 is 1.78 bits per heavy atom. The van der Waals surface area contributed by atoms with Crippen LogP contribution in [0.5, 0.6) is 0 Å². The minimum atomic E-state index is -1.08. The molecule has 2 rings (SSSR count). The van der Waals surface area contributed by atoms with Gasteiger partial charge in [0.05, 0.1) is 4.88 Å². The van der Waals surface area contributed by atoms with Gasteiger partial charge in [0.2, 0.25) is 0 Å². The molecule has 0 saturated heterocycles. The first-order valence-electron chi connectivity index (χ1n) is 11.8. The zero-order valence-electron chi connectivity index (χ0n) is 19.5. The van der Waals surface area contributed by atoms with E-state index in [1.807, 2.05) is 29.6 Å². The number of carbonyl (C=O) groups is 1. The normalized spacial score (nSPS) is 12.6. The number of unbranched alkanes of at least 4 members (excludes halogenated alkanes) is 8. The largest absolute Gasteiger partial charge is 0.396 e. The number of amides is 1. The average Bonchev–Trinajstić information content (AvgIpc) is 3.30. The van der Waals surface area contributed by atoms with E-state index >= 15 is 0 Å². The standard InChI is InChI=1S/C27H37NO3S/c1-3-4-5-6-7-8-9-10-11-13-16-23-21-25(32-22-23)27(31-2,19-20-29)28-26(30)24-17-14-12-15-18-24/h12,14-15,17-18,21-22,29H,3-11,19-20H2,1-2H3,(H,28,30). The van der Waals surface area contributed by atoms with Gasteiger partial charge in [-0.15, -0.1) is 11.3 Å². The molecular weight excluding hydrogens is 418 g/mol. The van der Waals surface area contributed by atoms with Gasteiger partial charge in [0.1, 0.15) is 0 Å². The van der Waals surface area contributed by atoms with Crippen LogP contribution in [0.3, 0.4) is 0 Å². The Bertz CT molecular complexity index is 853. The van der Waals surface area contributed by atoms with Crippen molar-refractivity contribution in [2.24, 2.45) is 0 Å². The fourth-order valence-electron chi connectivity index (χ4n) is 3.63. The minimum Gasteiger partial charge on any atom is -0.396 e. The molecule has 4 nitrogen and oxygen atoms in total. The Morgan fingerprint density at radius 3 is 2.44 bits per heavy atom. The molecule has 1 amide bonds. The third kappa shape index (κ3) is 8.43. The number of benzene rings is 1. The topological polar surface area (TPSA) is 58.6 Å². The van der Waals surface area contributed by atoms with Crippen LogP contribution >= 0.6 is 11.3 Å². The molecule has 1 heterocycles. The quantitative estimate of drug-likeness (QED) is 0.201. The number of hydrogen-bond acceptors (Lipinski definition) is 4. The van der Waals surface area contributed by atoms with Gasteiger partial charge in [-0.25, -0.2) is 0 Å². The highest BCUT2D eigenvalue weighted by Gasteiger charge is 2.35. The molecule has 1 unspecified atom stereocenters. The number of carbonyl (C=O) groups excluding carboxylic acids is 1. The lowest BCUT2D eigenvalue weighted by Gasteiger charge is -2.32. The van der Waals surface area contributed by atoms with Crippen molar-refractivity contribution in [3.8, 4) is 11.8 Å². The first kappa shape index (κ1) is 26.1. The molecular formula is C27H37NO3S. The fourth-order valence-corrected chi connectivity index (χ4v) is 4.63. The second kappa shape index (κ2) is 14.8. The monoisotopic (exact) mass is 455 g/mol. The van der Waals surface area contributed by atoms with E-state index in [4.69, 9.17) is 4.74 Å². The highest BCUT2D eigenvalue weighted by Crippen LogP contribution is 2.32. The Morgan fingerprint density at radius 1 is 1.09 bits per heavy atom. The highest BCUT2D eigenvalue weighted by molar-refractivity contribution is 7.10. The lowest BCUT2D eigenvalue weighted by Crippen LogP contribution is -2.47. The molecule has 0 radical (unpaired) electrons. The summed E-state index contributed by atoms with van der Waals surface area (Å²) in [7, 11) is 1.55. The molecule has 0 aliphatic rings. The molecule has 0 aliphatic carbocycles. The number of thiophene rings is 1. The summed E-state index contributed by atoms with van der Waals surface area (Å²) in [6, 6.07) is 11.0. The molecule has 0 bridgehead atoms. The molecule has 2 N–H and O–H groups in total. The third-order valence-corrected chi connectivity index (χ3v) is 6.62. The Kier molecular flexibility index (Phi) is 12.1. The first-order valence-corrected chi connectivity index (χ1v) is 12.6. The van der Waals surface area contributed by atoms with Gasteiger partial charge in [-0.2, -0.15) is 0 Å². The predicted octanol–water partition coefficient (Wildman–Crippen LogP) is 6.24. The number of aliphatic hydroxyl groups is 1. The van der Waals surface area contributed by atoms with Gasteiger partial charge in [0, 0.05) is 43.1 Å². The van der Waals surface area contributed by atoms with E-state index in [-0.39, 0.29) is 18.9 Å². The van der Waals surface area contributed by atoms with E-state index in [0.717, 1.165) is 23.3 Å². The number of ether oxygens (including phenoxy) is 1. The van der Waals surface area contributed by atoms with Crippen molar-refractivity contribution in [3.63, 3.8) is 0 Å². The molecule has 174 valence electrons. The van der Waals surface area contributed by atoms with Gasteiger partial charge >= 0.3 is 0 Å². The lowest BCUT2D eigenvalue weighted by molar-refractivity contribution is -0.0516. The number of methoxy groups -OCH3 is 1. The van der Waals surface area contributed by atoms with Crippen LogP contribution in [0.1, 0.15) is 91.9 Å². The van der Waals surface area contributed by atoms with Crippen molar-refractivity contribution < 1.29 is 14.6 Å². The Hall–Kier alpha value is -2.13. The number of hydrogen-bond donors (Lipinski definition) is 2. The van der Waals surface area contributed by atoms with Gasteiger partial charge in [-0.1, -0.05) is 81.9 Å². The predicted molar refractivity (Wildman–Crippen MR) is 133 cm³/mol. The van der Waals surface area contributed by atoms with Crippen LogP contribution in [0.2, 0.25) is 0 Å². The van der Waals surface area contributed by atoms with Crippen LogP contribution < -0.4 is 5.32 Å². The summed E-state index contributed by atoms with van der Waals surface area (Å²) >= 11 is 1.49. The molecule has 1 aromatic carbocycles. The number of nitrogens with one attached hydrogen (secondary N) is 1. The number of aliphatic hydroxyl groups excluding tert-OH is 1. The second-order valence-corrected chi connectivity index (χ2v) is 8.96. The molecule has 0 aliphatic heterocycles. The molecule has 1 atom stereocenters. The van der Waals surface area contributed by atoms with Crippen LogP contribution in [-0.4, -0.2) is 24.7 Å². The summed E-state index contributed by atoms with van der Waals surface area (Å²) in [5, 5.41) is 14.6. The summed E-state index contributed by atoms with van der Waals surface area (Å²) in [4.78, 5) is 13.6. The van der Waals surface area contributed by atoms with Crippen molar-refractivity contribution in [2.75, 3.05) is 13.7 Å². The van der Waals surface area contributed by atoms with E-state index in [0.29, 0.717) is 5.56 Å². The lowest BCUT2D eigenvalue weighted by atomic mass is 10.1. The fraction of sp³-hybridized carbons (Fsp3) is 0.519. The van der Waals surface area contributed by atoms with E-state index in [1.165, 1.54) is 56.3 Å². The van der Waals surface area contributed by atoms with Crippen LogP contribution in [0, 0.1) is 11.8 Å².